The summed E-state index contributed by atoms with van der Waals surface area (Å²) in [6.07, 6.45) is 1.89. The van der Waals surface area contributed by atoms with E-state index in [0.717, 1.165) is 5.82 Å². The van der Waals surface area contributed by atoms with Gasteiger partial charge in [-0.2, -0.15) is 0 Å². The average molecular weight is 274 g/mol. The van der Waals surface area contributed by atoms with Crippen molar-refractivity contribution in [1.29, 1.82) is 0 Å². The number of carbonyl (C=O) groups excluding carboxylic acids is 1. The van der Waals surface area contributed by atoms with Crippen molar-refractivity contribution in [3.63, 3.8) is 0 Å². The third kappa shape index (κ3) is 2.63. The number of nitrogens with zero attached hydrogens (tertiary/aromatic N) is 3. The zero-order chi connectivity index (χ0) is 12.4. The monoisotopic (exact) mass is 273 g/mol. The molecule has 1 aromatic heterocycles. The first-order valence-electron chi connectivity index (χ1n) is 5.05. The Kier molecular flexibility index (Phi) is 3.73. The van der Waals surface area contributed by atoms with Crippen molar-refractivity contribution in [2.75, 3.05) is 31.4 Å². The lowest BCUT2D eigenvalue weighted by molar-refractivity contribution is -0.146. The highest BCUT2D eigenvalue weighted by atomic mass is 35.5. The van der Waals surface area contributed by atoms with E-state index in [1.165, 1.54) is 18.9 Å². The normalized spacial score (nSPS) is 15.6. The minimum Gasteiger partial charge on any atom is -0.469 e. The van der Waals surface area contributed by atoms with E-state index >= 15 is 0 Å². The second kappa shape index (κ2) is 5.10. The molecule has 1 aromatic rings. The molecule has 1 fully saturated rings. The molecule has 0 N–H and O–H groups in total. The number of methoxy groups -OCH3 is 1. The molecule has 1 saturated heterocycles. The fourth-order valence-electron chi connectivity index (χ4n) is 1.62. The van der Waals surface area contributed by atoms with Crippen LogP contribution < -0.4 is 4.90 Å². The second-order valence-electron chi connectivity index (χ2n) is 3.66. The summed E-state index contributed by atoms with van der Waals surface area (Å²) in [7, 11) is 1.40. The van der Waals surface area contributed by atoms with Crippen LogP contribution in [0.2, 0.25) is 5.15 Å². The highest BCUT2D eigenvalue weighted by molar-refractivity contribution is 7.98. The van der Waals surface area contributed by atoms with Crippen LogP contribution in [-0.2, 0) is 9.53 Å². The largest absolute Gasteiger partial charge is 0.469 e. The topological polar surface area (TPSA) is 55.3 Å². The molecule has 0 atom stereocenters. The Labute approximate surface area is 109 Å². The first-order chi connectivity index (χ1) is 8.13. The first kappa shape index (κ1) is 12.4. The number of hydrogen-bond acceptors (Lipinski definition) is 6. The number of anilines is 1. The molecule has 92 valence electrons. The standard InChI is InChI=1S/C10H12ClN3O2S/c1-16-9(15)6-4-14(5-6)8-3-7(11)12-10(13-8)17-2/h3,6H,4-5H2,1-2H3. The Morgan fingerprint density at radius 2 is 2.29 bits per heavy atom. The molecule has 2 heterocycles. The molecule has 0 radical (unpaired) electrons. The van der Waals surface area contributed by atoms with E-state index in [9.17, 15) is 4.79 Å². The average Bonchev–Trinajstić information content (AvgIpc) is 2.26. The Hall–Kier alpha value is -1.01. The van der Waals surface area contributed by atoms with Crippen molar-refractivity contribution in [3.8, 4) is 0 Å². The van der Waals surface area contributed by atoms with Crippen molar-refractivity contribution in [1.82, 2.24) is 9.97 Å². The number of halogens is 1. The quantitative estimate of drug-likeness (QED) is 0.360. The fourth-order valence-corrected chi connectivity index (χ4v) is 2.22. The van der Waals surface area contributed by atoms with Crippen LogP contribution in [-0.4, -0.2) is 42.4 Å². The number of ether oxygens (including phenoxy) is 1. The number of aromatic nitrogens is 2. The summed E-state index contributed by atoms with van der Waals surface area (Å²) >= 11 is 7.33. The van der Waals surface area contributed by atoms with Gasteiger partial charge in [0, 0.05) is 19.2 Å². The Balaban J connectivity index is 2.06. The summed E-state index contributed by atoms with van der Waals surface area (Å²) in [5.41, 5.74) is 0. The van der Waals surface area contributed by atoms with Gasteiger partial charge in [0.2, 0.25) is 0 Å². The summed E-state index contributed by atoms with van der Waals surface area (Å²) < 4.78 is 4.68. The number of carbonyl (C=O) groups is 1. The van der Waals surface area contributed by atoms with Crippen molar-refractivity contribution in [2.24, 2.45) is 5.92 Å². The molecule has 1 aliphatic heterocycles. The lowest BCUT2D eigenvalue weighted by Gasteiger charge is -2.38. The van der Waals surface area contributed by atoms with Gasteiger partial charge in [0.15, 0.2) is 5.16 Å². The van der Waals surface area contributed by atoms with Gasteiger partial charge in [-0.15, -0.1) is 0 Å². The number of esters is 1. The van der Waals surface area contributed by atoms with Crippen molar-refractivity contribution < 1.29 is 9.53 Å². The summed E-state index contributed by atoms with van der Waals surface area (Å²) in [6.45, 7) is 1.24. The summed E-state index contributed by atoms with van der Waals surface area (Å²) in [5, 5.41) is 1.05. The zero-order valence-corrected chi connectivity index (χ0v) is 11.1. The number of rotatable bonds is 3. The number of hydrogen-bond donors (Lipinski definition) is 0. The van der Waals surface area contributed by atoms with Gasteiger partial charge >= 0.3 is 5.97 Å². The van der Waals surface area contributed by atoms with Gasteiger partial charge in [0.25, 0.3) is 0 Å². The molecule has 0 amide bonds. The highest BCUT2D eigenvalue weighted by Gasteiger charge is 2.34. The molecular weight excluding hydrogens is 262 g/mol. The van der Waals surface area contributed by atoms with Gasteiger partial charge in [0.1, 0.15) is 11.0 Å². The Bertz CT molecular complexity index is 438. The van der Waals surface area contributed by atoms with E-state index in [1.54, 1.807) is 6.07 Å². The van der Waals surface area contributed by atoms with E-state index in [4.69, 9.17) is 11.6 Å². The van der Waals surface area contributed by atoms with Gasteiger partial charge in [-0.05, 0) is 6.26 Å². The van der Waals surface area contributed by atoms with Crippen LogP contribution in [0.3, 0.4) is 0 Å². The maximum Gasteiger partial charge on any atom is 0.312 e. The van der Waals surface area contributed by atoms with Crippen molar-refractivity contribution in [2.45, 2.75) is 5.16 Å². The molecule has 7 heteroatoms. The molecular formula is C10H12ClN3O2S. The Morgan fingerprint density at radius 1 is 1.59 bits per heavy atom. The van der Waals surface area contributed by atoms with Gasteiger partial charge in [-0.25, -0.2) is 9.97 Å². The van der Waals surface area contributed by atoms with Crippen LogP contribution in [0.15, 0.2) is 11.2 Å². The van der Waals surface area contributed by atoms with Gasteiger partial charge in [0.05, 0.1) is 13.0 Å². The molecule has 5 nitrogen and oxygen atoms in total. The molecule has 0 spiro atoms. The summed E-state index contributed by atoms with van der Waals surface area (Å²) in [6, 6.07) is 1.70. The summed E-state index contributed by atoms with van der Waals surface area (Å²) in [4.78, 5) is 21.6. The summed E-state index contributed by atoms with van der Waals surface area (Å²) in [5.74, 6) is 0.521. The zero-order valence-electron chi connectivity index (χ0n) is 9.51. The van der Waals surface area contributed by atoms with E-state index in [1.807, 2.05) is 11.2 Å². The molecule has 0 aromatic carbocycles. The second-order valence-corrected chi connectivity index (χ2v) is 4.82. The van der Waals surface area contributed by atoms with E-state index in [-0.39, 0.29) is 11.9 Å². The predicted octanol–water partition coefficient (Wildman–Crippen LogP) is 1.46. The first-order valence-corrected chi connectivity index (χ1v) is 6.65. The third-order valence-corrected chi connectivity index (χ3v) is 3.32. The lowest BCUT2D eigenvalue weighted by atomic mass is 10.0. The smallest absolute Gasteiger partial charge is 0.312 e. The predicted molar refractivity (Wildman–Crippen MR) is 66.5 cm³/mol. The van der Waals surface area contributed by atoms with E-state index in [2.05, 4.69) is 14.7 Å². The lowest BCUT2D eigenvalue weighted by Crippen LogP contribution is -2.51. The molecule has 17 heavy (non-hydrogen) atoms. The maximum atomic E-state index is 11.2. The van der Waals surface area contributed by atoms with Crippen molar-refractivity contribution in [3.05, 3.63) is 11.2 Å². The molecule has 0 unspecified atom stereocenters. The molecule has 0 saturated carbocycles. The van der Waals surface area contributed by atoms with Crippen LogP contribution >= 0.6 is 23.4 Å². The Morgan fingerprint density at radius 3 is 2.88 bits per heavy atom. The molecule has 1 aliphatic rings. The third-order valence-electron chi connectivity index (χ3n) is 2.58. The van der Waals surface area contributed by atoms with Gasteiger partial charge in [-0.1, -0.05) is 23.4 Å². The minimum absolute atomic E-state index is 0.0635. The van der Waals surface area contributed by atoms with Crippen molar-refractivity contribution >= 4 is 35.1 Å². The van der Waals surface area contributed by atoms with Crippen LogP contribution in [0.25, 0.3) is 0 Å². The minimum atomic E-state index is -0.175. The molecule has 2 rings (SSSR count). The number of thioether (sulfide) groups is 1. The molecule has 0 aliphatic carbocycles. The van der Waals surface area contributed by atoms with Gasteiger partial charge in [-0.3, -0.25) is 4.79 Å². The SMILES string of the molecule is COC(=O)C1CN(c2cc(Cl)nc(SC)n2)C1. The molecule has 0 bridgehead atoms. The fraction of sp³-hybridized carbons (Fsp3) is 0.500. The van der Waals surface area contributed by atoms with E-state index in [0.29, 0.717) is 23.4 Å². The van der Waals surface area contributed by atoms with Gasteiger partial charge < -0.3 is 9.64 Å². The van der Waals surface area contributed by atoms with Crippen LogP contribution in [0.1, 0.15) is 0 Å². The van der Waals surface area contributed by atoms with Crippen LogP contribution in [0, 0.1) is 5.92 Å². The van der Waals surface area contributed by atoms with E-state index < -0.39 is 0 Å². The highest BCUT2D eigenvalue weighted by Crippen LogP contribution is 2.26. The van der Waals surface area contributed by atoms with Crippen LogP contribution in [0.5, 0.6) is 0 Å². The van der Waals surface area contributed by atoms with Crippen LogP contribution in [0.4, 0.5) is 5.82 Å². The maximum absolute atomic E-state index is 11.2.